The van der Waals surface area contributed by atoms with Gasteiger partial charge in [0.1, 0.15) is 23.9 Å². The van der Waals surface area contributed by atoms with Gasteiger partial charge in [-0.2, -0.15) is 0 Å². The third kappa shape index (κ3) is 6.34. The van der Waals surface area contributed by atoms with Gasteiger partial charge < -0.3 is 24.4 Å². The molecule has 172 valence electrons. The zero-order valence-corrected chi connectivity index (χ0v) is 18.7. The number of rotatable bonds is 11. The Balaban J connectivity index is 1.48. The predicted octanol–water partition coefficient (Wildman–Crippen LogP) is 3.98. The molecular formula is C26H32O6. The third-order valence-corrected chi connectivity index (χ3v) is 5.63. The monoisotopic (exact) mass is 440 g/mol. The minimum absolute atomic E-state index is 0.0590. The van der Waals surface area contributed by atoms with Crippen molar-refractivity contribution in [3.8, 4) is 0 Å². The van der Waals surface area contributed by atoms with Crippen LogP contribution in [-0.4, -0.2) is 42.1 Å². The topological polar surface area (TPSA) is 85.2 Å². The summed E-state index contributed by atoms with van der Waals surface area (Å²) in [6.45, 7) is 7.36. The molecule has 1 aliphatic carbocycles. The molecule has 0 amide bonds. The average molecular weight is 441 g/mol. The molecular weight excluding hydrogens is 408 g/mol. The fraction of sp³-hybridized carbons (Fsp3) is 0.423. The lowest BCUT2D eigenvalue weighted by Gasteiger charge is -2.23. The summed E-state index contributed by atoms with van der Waals surface area (Å²) in [5.74, 6) is 2.20. The van der Waals surface area contributed by atoms with E-state index in [1.54, 1.807) is 6.92 Å². The van der Waals surface area contributed by atoms with Crippen LogP contribution < -0.4 is 0 Å². The Kier molecular flexibility index (Phi) is 8.31. The summed E-state index contributed by atoms with van der Waals surface area (Å²) in [6, 6.07) is 10.0. The summed E-state index contributed by atoms with van der Waals surface area (Å²) >= 11 is 0. The first kappa shape index (κ1) is 23.8. The molecule has 3 rings (SSSR count). The van der Waals surface area contributed by atoms with E-state index in [1.165, 1.54) is 0 Å². The average Bonchev–Trinajstić information content (AvgIpc) is 3.23. The molecule has 0 saturated carbocycles. The molecule has 0 saturated heterocycles. The normalized spacial score (nSPS) is 21.3. The Morgan fingerprint density at radius 1 is 1.19 bits per heavy atom. The van der Waals surface area contributed by atoms with Crippen molar-refractivity contribution in [2.24, 2.45) is 17.8 Å². The van der Waals surface area contributed by atoms with Gasteiger partial charge in [-0.15, -0.1) is 0 Å². The Morgan fingerprint density at radius 3 is 2.62 bits per heavy atom. The van der Waals surface area contributed by atoms with Crippen LogP contribution in [-0.2, 0) is 19.0 Å². The number of aliphatic hydroxyl groups is 2. The van der Waals surface area contributed by atoms with E-state index in [2.05, 4.69) is 25.7 Å². The molecule has 1 heterocycles. The van der Waals surface area contributed by atoms with E-state index in [4.69, 9.17) is 14.2 Å². The van der Waals surface area contributed by atoms with Crippen molar-refractivity contribution >= 4 is 11.7 Å². The van der Waals surface area contributed by atoms with Crippen LogP contribution in [0.3, 0.4) is 0 Å². The molecule has 6 heteroatoms. The largest absolute Gasteiger partial charge is 0.493 e. The first-order valence-electron chi connectivity index (χ1n) is 11.0. The van der Waals surface area contributed by atoms with E-state index in [0.29, 0.717) is 25.0 Å². The van der Waals surface area contributed by atoms with Gasteiger partial charge in [0.2, 0.25) is 0 Å². The van der Waals surface area contributed by atoms with E-state index in [-0.39, 0.29) is 31.0 Å². The highest BCUT2D eigenvalue weighted by atomic mass is 16.5. The van der Waals surface area contributed by atoms with E-state index in [0.717, 1.165) is 22.8 Å². The Hall–Kier alpha value is -2.83. The first-order valence-corrected chi connectivity index (χ1v) is 11.0. The van der Waals surface area contributed by atoms with Crippen molar-refractivity contribution in [2.45, 2.75) is 32.8 Å². The van der Waals surface area contributed by atoms with E-state index < -0.39 is 12.1 Å². The number of benzene rings is 1. The molecule has 4 unspecified atom stereocenters. The van der Waals surface area contributed by atoms with Crippen LogP contribution in [0.15, 0.2) is 72.2 Å². The minimum Gasteiger partial charge on any atom is -0.493 e. The fourth-order valence-electron chi connectivity index (χ4n) is 3.66. The summed E-state index contributed by atoms with van der Waals surface area (Å²) in [7, 11) is 0. The molecule has 0 spiro atoms. The molecule has 2 aliphatic rings. The summed E-state index contributed by atoms with van der Waals surface area (Å²) in [4.78, 5) is 11.4. The second kappa shape index (κ2) is 11.2. The Bertz CT molecular complexity index is 898. The van der Waals surface area contributed by atoms with Gasteiger partial charge in [0, 0.05) is 35.7 Å². The van der Waals surface area contributed by atoms with Crippen LogP contribution in [0.5, 0.6) is 0 Å². The van der Waals surface area contributed by atoms with E-state index >= 15 is 0 Å². The SMILES string of the molecule is C=C(C)C(=O)OCC(O)CCC(CO)COC1=CC(C)C2C=C(c3ccccc3)OC2=C1. The van der Waals surface area contributed by atoms with Crippen molar-refractivity contribution in [3.63, 3.8) is 0 Å². The molecule has 0 bridgehead atoms. The number of fused-ring (bicyclic) bond motifs is 1. The summed E-state index contributed by atoms with van der Waals surface area (Å²) in [5.41, 5.74) is 1.34. The van der Waals surface area contributed by atoms with Crippen molar-refractivity contribution in [1.82, 2.24) is 0 Å². The summed E-state index contributed by atoms with van der Waals surface area (Å²) < 4.78 is 17.0. The minimum atomic E-state index is -0.793. The van der Waals surface area contributed by atoms with Crippen molar-refractivity contribution in [1.29, 1.82) is 0 Å². The van der Waals surface area contributed by atoms with Gasteiger partial charge in [0.25, 0.3) is 0 Å². The number of carbonyl (C=O) groups excluding carboxylic acids is 1. The maximum atomic E-state index is 11.4. The smallest absolute Gasteiger partial charge is 0.333 e. The van der Waals surface area contributed by atoms with Crippen LogP contribution in [0.4, 0.5) is 0 Å². The van der Waals surface area contributed by atoms with E-state index in [1.807, 2.05) is 36.4 Å². The molecule has 4 atom stereocenters. The highest BCUT2D eigenvalue weighted by Gasteiger charge is 2.31. The van der Waals surface area contributed by atoms with Crippen LogP contribution in [0, 0.1) is 17.8 Å². The fourth-order valence-corrected chi connectivity index (χ4v) is 3.66. The highest BCUT2D eigenvalue weighted by molar-refractivity contribution is 5.86. The van der Waals surface area contributed by atoms with E-state index in [9.17, 15) is 15.0 Å². The molecule has 1 aromatic carbocycles. The second-order valence-electron chi connectivity index (χ2n) is 8.47. The number of hydrogen-bond acceptors (Lipinski definition) is 6. The van der Waals surface area contributed by atoms with Gasteiger partial charge in [-0.3, -0.25) is 0 Å². The Morgan fingerprint density at radius 2 is 1.94 bits per heavy atom. The van der Waals surface area contributed by atoms with Crippen LogP contribution in [0.2, 0.25) is 0 Å². The molecule has 0 radical (unpaired) electrons. The standard InChI is InChI=1S/C26H32O6/c1-17(2)26(29)31-16-21(28)10-9-19(14-27)15-30-22-11-18(3)23-13-24(32-25(23)12-22)20-7-5-4-6-8-20/h4-8,11-13,18-19,21,23,27-28H,1,9-10,14-16H2,2-3H3. The van der Waals surface area contributed by atoms with Crippen molar-refractivity contribution < 1.29 is 29.2 Å². The number of allylic oxidation sites excluding steroid dienone is 3. The van der Waals surface area contributed by atoms with Crippen LogP contribution in [0.1, 0.15) is 32.3 Å². The number of carbonyl (C=O) groups is 1. The number of aliphatic hydroxyl groups excluding tert-OH is 2. The third-order valence-electron chi connectivity index (χ3n) is 5.63. The van der Waals surface area contributed by atoms with Crippen LogP contribution in [0.25, 0.3) is 5.76 Å². The predicted molar refractivity (Wildman–Crippen MR) is 122 cm³/mol. The number of esters is 1. The lowest BCUT2D eigenvalue weighted by molar-refractivity contribution is -0.142. The maximum Gasteiger partial charge on any atom is 0.333 e. The molecule has 0 fully saturated rings. The maximum absolute atomic E-state index is 11.4. The number of ether oxygens (including phenoxy) is 3. The van der Waals surface area contributed by atoms with Gasteiger partial charge in [-0.1, -0.05) is 43.8 Å². The molecule has 32 heavy (non-hydrogen) atoms. The van der Waals surface area contributed by atoms with Crippen LogP contribution >= 0.6 is 0 Å². The quantitative estimate of drug-likeness (QED) is 0.400. The zero-order valence-electron chi connectivity index (χ0n) is 18.7. The zero-order chi connectivity index (χ0) is 23.1. The van der Waals surface area contributed by atoms with Gasteiger partial charge in [0.15, 0.2) is 0 Å². The number of hydrogen-bond donors (Lipinski definition) is 2. The molecule has 1 aromatic rings. The molecule has 2 N–H and O–H groups in total. The Labute approximate surface area is 189 Å². The lowest BCUT2D eigenvalue weighted by Crippen LogP contribution is -2.22. The second-order valence-corrected chi connectivity index (χ2v) is 8.47. The molecule has 6 nitrogen and oxygen atoms in total. The molecule has 1 aliphatic heterocycles. The lowest BCUT2D eigenvalue weighted by atomic mass is 9.88. The summed E-state index contributed by atoms with van der Waals surface area (Å²) in [6.07, 6.45) is 6.28. The molecule has 0 aromatic heterocycles. The van der Waals surface area contributed by atoms with Gasteiger partial charge in [-0.25, -0.2) is 4.79 Å². The van der Waals surface area contributed by atoms with Gasteiger partial charge in [0.05, 0.1) is 12.7 Å². The highest BCUT2D eigenvalue weighted by Crippen LogP contribution is 2.41. The van der Waals surface area contributed by atoms with Crippen molar-refractivity contribution in [3.05, 3.63) is 77.8 Å². The van der Waals surface area contributed by atoms with Gasteiger partial charge >= 0.3 is 5.97 Å². The van der Waals surface area contributed by atoms with Gasteiger partial charge in [-0.05, 0) is 37.8 Å². The summed E-state index contributed by atoms with van der Waals surface area (Å²) in [5, 5.41) is 19.7. The van der Waals surface area contributed by atoms with Crippen molar-refractivity contribution in [2.75, 3.05) is 19.8 Å². The first-order chi connectivity index (χ1) is 15.4.